The number of amides is 1. The van der Waals surface area contributed by atoms with Crippen molar-refractivity contribution in [3.05, 3.63) is 0 Å². The predicted molar refractivity (Wildman–Crippen MR) is 60.5 cm³/mol. The molecule has 0 bridgehead atoms. The highest BCUT2D eigenvalue weighted by molar-refractivity contribution is 5.80. The molecule has 0 aliphatic carbocycles. The number of likely N-dealkylation sites (tertiary alicyclic amines) is 1. The topological polar surface area (TPSA) is 32.3 Å². The highest BCUT2D eigenvalue weighted by Gasteiger charge is 2.38. The Morgan fingerprint density at radius 2 is 2.13 bits per heavy atom. The smallest absolute Gasteiger partial charge is 0.227 e. The lowest BCUT2D eigenvalue weighted by Gasteiger charge is -2.24. The van der Waals surface area contributed by atoms with Crippen molar-refractivity contribution in [3.8, 4) is 0 Å². The van der Waals surface area contributed by atoms with Crippen LogP contribution in [0.5, 0.6) is 0 Å². The van der Waals surface area contributed by atoms with Crippen LogP contribution in [0.2, 0.25) is 0 Å². The van der Waals surface area contributed by atoms with Crippen LogP contribution in [0.4, 0.5) is 0 Å². The van der Waals surface area contributed by atoms with E-state index < -0.39 is 0 Å². The van der Waals surface area contributed by atoms with E-state index in [4.69, 9.17) is 0 Å². The molecule has 2 rings (SSSR count). The lowest BCUT2D eigenvalue weighted by Crippen LogP contribution is -2.38. The standard InChI is InChI=1S/C12H22N2O/c1-9-6-13-7-10(9)11(15)14-5-4-12(2,3)8-14/h9-10,13H,4-8H2,1-3H3/t9-,10-/m1/s1. The quantitative estimate of drug-likeness (QED) is 0.703. The van der Waals surface area contributed by atoms with Gasteiger partial charge in [-0.3, -0.25) is 4.79 Å². The van der Waals surface area contributed by atoms with Crippen LogP contribution in [0.15, 0.2) is 0 Å². The first-order chi connectivity index (χ1) is 6.99. The van der Waals surface area contributed by atoms with Crippen LogP contribution in [0.3, 0.4) is 0 Å². The van der Waals surface area contributed by atoms with Gasteiger partial charge in [0.2, 0.25) is 5.91 Å². The second-order valence-electron chi connectivity index (χ2n) is 5.92. The maximum atomic E-state index is 12.2. The van der Waals surface area contributed by atoms with E-state index in [-0.39, 0.29) is 5.92 Å². The van der Waals surface area contributed by atoms with E-state index in [1.54, 1.807) is 0 Å². The third-order valence-corrected chi connectivity index (χ3v) is 3.82. The number of hydrogen-bond donors (Lipinski definition) is 1. The van der Waals surface area contributed by atoms with Gasteiger partial charge in [-0.15, -0.1) is 0 Å². The molecule has 0 aromatic carbocycles. The molecule has 1 amide bonds. The van der Waals surface area contributed by atoms with Gasteiger partial charge in [-0.2, -0.15) is 0 Å². The molecule has 1 N–H and O–H groups in total. The summed E-state index contributed by atoms with van der Waals surface area (Å²) in [6.07, 6.45) is 1.15. The van der Waals surface area contributed by atoms with Crippen LogP contribution in [0, 0.1) is 17.3 Å². The Morgan fingerprint density at radius 1 is 1.40 bits per heavy atom. The first kappa shape index (κ1) is 10.9. The van der Waals surface area contributed by atoms with E-state index in [0.717, 1.165) is 32.6 Å². The van der Waals surface area contributed by atoms with Crippen molar-refractivity contribution in [3.63, 3.8) is 0 Å². The van der Waals surface area contributed by atoms with Crippen molar-refractivity contribution in [1.29, 1.82) is 0 Å². The minimum Gasteiger partial charge on any atom is -0.342 e. The second-order valence-corrected chi connectivity index (χ2v) is 5.92. The monoisotopic (exact) mass is 210 g/mol. The largest absolute Gasteiger partial charge is 0.342 e. The van der Waals surface area contributed by atoms with Crippen LogP contribution >= 0.6 is 0 Å². The molecule has 2 aliphatic rings. The van der Waals surface area contributed by atoms with E-state index in [1.165, 1.54) is 0 Å². The molecule has 3 heteroatoms. The van der Waals surface area contributed by atoms with Crippen LogP contribution in [-0.4, -0.2) is 37.0 Å². The molecule has 3 nitrogen and oxygen atoms in total. The van der Waals surface area contributed by atoms with Gasteiger partial charge in [0, 0.05) is 19.6 Å². The second kappa shape index (κ2) is 3.78. The van der Waals surface area contributed by atoms with E-state index in [2.05, 4.69) is 31.0 Å². The van der Waals surface area contributed by atoms with E-state index in [1.807, 2.05) is 0 Å². The third-order valence-electron chi connectivity index (χ3n) is 3.82. The fraction of sp³-hybridized carbons (Fsp3) is 0.917. The zero-order valence-corrected chi connectivity index (χ0v) is 10.0. The number of nitrogens with zero attached hydrogens (tertiary/aromatic N) is 1. The summed E-state index contributed by atoms with van der Waals surface area (Å²) in [6.45, 7) is 10.4. The number of rotatable bonds is 1. The highest BCUT2D eigenvalue weighted by Crippen LogP contribution is 2.31. The summed E-state index contributed by atoms with van der Waals surface area (Å²) in [5.74, 6) is 1.10. The molecule has 2 saturated heterocycles. The molecular formula is C12H22N2O. The molecule has 15 heavy (non-hydrogen) atoms. The first-order valence-electron chi connectivity index (χ1n) is 5.99. The van der Waals surface area contributed by atoms with E-state index >= 15 is 0 Å². The lowest BCUT2D eigenvalue weighted by molar-refractivity contribution is -0.135. The SMILES string of the molecule is C[C@@H]1CNC[C@H]1C(=O)N1CCC(C)(C)C1. The normalized spacial score (nSPS) is 34.7. The molecule has 2 fully saturated rings. The van der Waals surface area contributed by atoms with E-state index in [9.17, 15) is 4.79 Å². The summed E-state index contributed by atoms with van der Waals surface area (Å²) in [7, 11) is 0. The molecule has 2 aliphatic heterocycles. The molecule has 2 atom stereocenters. The van der Waals surface area contributed by atoms with Gasteiger partial charge in [-0.25, -0.2) is 0 Å². The van der Waals surface area contributed by atoms with Gasteiger partial charge in [-0.1, -0.05) is 20.8 Å². The number of carbonyl (C=O) groups is 1. The summed E-state index contributed by atoms with van der Waals surface area (Å²) in [4.78, 5) is 14.3. The zero-order chi connectivity index (χ0) is 11.1. The van der Waals surface area contributed by atoms with Gasteiger partial charge in [0.25, 0.3) is 0 Å². The minimum atomic E-state index is 0.221. The summed E-state index contributed by atoms with van der Waals surface area (Å²) in [5.41, 5.74) is 0.324. The Kier molecular flexibility index (Phi) is 2.75. The summed E-state index contributed by atoms with van der Waals surface area (Å²) in [5, 5.41) is 3.30. The summed E-state index contributed by atoms with van der Waals surface area (Å²) < 4.78 is 0. The van der Waals surface area contributed by atoms with Gasteiger partial charge in [0.05, 0.1) is 5.92 Å². The molecule has 0 spiro atoms. The number of hydrogen-bond acceptors (Lipinski definition) is 2. The average molecular weight is 210 g/mol. The molecule has 86 valence electrons. The average Bonchev–Trinajstić information content (AvgIpc) is 2.71. The van der Waals surface area contributed by atoms with Crippen molar-refractivity contribution in [2.24, 2.45) is 17.3 Å². The Labute approximate surface area is 92.2 Å². The lowest BCUT2D eigenvalue weighted by atomic mass is 9.93. The van der Waals surface area contributed by atoms with Crippen LogP contribution in [0.1, 0.15) is 27.2 Å². The van der Waals surface area contributed by atoms with Crippen LogP contribution < -0.4 is 5.32 Å². The Balaban J connectivity index is 1.97. The molecule has 0 saturated carbocycles. The Bertz CT molecular complexity index is 262. The van der Waals surface area contributed by atoms with Gasteiger partial charge in [0.15, 0.2) is 0 Å². The van der Waals surface area contributed by atoms with Crippen molar-refractivity contribution >= 4 is 5.91 Å². The molecular weight excluding hydrogens is 188 g/mol. The van der Waals surface area contributed by atoms with Gasteiger partial charge < -0.3 is 10.2 Å². The van der Waals surface area contributed by atoms with E-state index in [0.29, 0.717) is 17.2 Å². The van der Waals surface area contributed by atoms with Gasteiger partial charge in [-0.05, 0) is 24.3 Å². The van der Waals surface area contributed by atoms with Crippen molar-refractivity contribution < 1.29 is 4.79 Å². The highest BCUT2D eigenvalue weighted by atomic mass is 16.2. The Morgan fingerprint density at radius 3 is 2.60 bits per heavy atom. The van der Waals surface area contributed by atoms with Gasteiger partial charge in [0.1, 0.15) is 0 Å². The van der Waals surface area contributed by atoms with Crippen molar-refractivity contribution in [2.45, 2.75) is 27.2 Å². The zero-order valence-electron chi connectivity index (χ0n) is 10.0. The minimum absolute atomic E-state index is 0.221. The van der Waals surface area contributed by atoms with Crippen LogP contribution in [-0.2, 0) is 4.79 Å². The number of nitrogens with one attached hydrogen (secondary N) is 1. The number of carbonyl (C=O) groups excluding carboxylic acids is 1. The molecule has 0 aromatic heterocycles. The molecule has 2 heterocycles. The molecule has 0 unspecified atom stereocenters. The Hall–Kier alpha value is -0.570. The molecule has 0 radical (unpaired) electrons. The van der Waals surface area contributed by atoms with Crippen LogP contribution in [0.25, 0.3) is 0 Å². The maximum absolute atomic E-state index is 12.2. The molecule has 0 aromatic rings. The third kappa shape index (κ3) is 2.17. The predicted octanol–water partition coefficient (Wildman–Crippen LogP) is 1.10. The maximum Gasteiger partial charge on any atom is 0.227 e. The van der Waals surface area contributed by atoms with Crippen molar-refractivity contribution in [1.82, 2.24) is 10.2 Å². The van der Waals surface area contributed by atoms with Gasteiger partial charge >= 0.3 is 0 Å². The van der Waals surface area contributed by atoms with Crippen molar-refractivity contribution in [2.75, 3.05) is 26.2 Å². The summed E-state index contributed by atoms with van der Waals surface area (Å²) in [6, 6.07) is 0. The summed E-state index contributed by atoms with van der Waals surface area (Å²) >= 11 is 0. The fourth-order valence-electron chi connectivity index (χ4n) is 2.68. The first-order valence-corrected chi connectivity index (χ1v) is 5.99. The fourth-order valence-corrected chi connectivity index (χ4v) is 2.68.